The number of hydrogen-bond donors (Lipinski definition) is 3. The van der Waals surface area contributed by atoms with Crippen molar-refractivity contribution in [2.45, 2.75) is 10.8 Å². The Bertz CT molecular complexity index is 534. The Morgan fingerprint density at radius 3 is 2.50 bits per heavy atom. The van der Waals surface area contributed by atoms with Crippen LogP contribution in [0.15, 0.2) is 23.1 Å². The lowest BCUT2D eigenvalue weighted by atomic mass is 10.3. The van der Waals surface area contributed by atoms with Gasteiger partial charge in [0, 0.05) is 0 Å². The second-order valence-electron chi connectivity index (χ2n) is 3.52. The van der Waals surface area contributed by atoms with Gasteiger partial charge < -0.3 is 10.8 Å². The minimum atomic E-state index is -4.28. The van der Waals surface area contributed by atoms with Crippen LogP contribution in [0.5, 0.6) is 0 Å². The van der Waals surface area contributed by atoms with E-state index in [-0.39, 0.29) is 0 Å². The van der Waals surface area contributed by atoms with E-state index in [9.17, 15) is 21.6 Å². The average Bonchev–Trinajstić information content (AvgIpc) is 2.26. The minimum absolute atomic E-state index is 0.394. The molecule has 102 valence electrons. The zero-order valence-electron chi connectivity index (χ0n) is 9.03. The lowest BCUT2D eigenvalue weighted by Crippen LogP contribution is -2.39. The van der Waals surface area contributed by atoms with Gasteiger partial charge in [-0.25, -0.2) is 26.3 Å². The summed E-state index contributed by atoms with van der Waals surface area (Å²) in [5.41, 5.74) is 4.89. The molecular formula is C9H11F3N2O3S. The molecule has 0 saturated carbocycles. The summed E-state index contributed by atoms with van der Waals surface area (Å²) < 4.78 is 62.9. The van der Waals surface area contributed by atoms with E-state index in [0.717, 1.165) is 18.2 Å². The van der Waals surface area contributed by atoms with Crippen LogP contribution < -0.4 is 10.5 Å². The predicted octanol–water partition coefficient (Wildman–Crippen LogP) is 0.314. The summed E-state index contributed by atoms with van der Waals surface area (Å²) in [5, 5.41) is 8.29. The number of halogens is 3. The molecule has 0 aliphatic carbocycles. The number of hydrogen-bond acceptors (Lipinski definition) is 4. The van der Waals surface area contributed by atoms with Crippen LogP contribution in [0.3, 0.4) is 0 Å². The van der Waals surface area contributed by atoms with Crippen molar-refractivity contribution in [3.05, 3.63) is 24.0 Å². The van der Waals surface area contributed by atoms with Crippen LogP contribution in [-0.2, 0) is 10.0 Å². The molecule has 0 bridgehead atoms. The second-order valence-corrected chi connectivity index (χ2v) is 5.26. The van der Waals surface area contributed by atoms with E-state index in [0.29, 0.717) is 0 Å². The molecule has 9 heteroatoms. The zero-order chi connectivity index (χ0) is 14.0. The van der Waals surface area contributed by atoms with Crippen molar-refractivity contribution >= 4 is 15.7 Å². The van der Waals surface area contributed by atoms with E-state index in [1.165, 1.54) is 0 Å². The van der Waals surface area contributed by atoms with Crippen LogP contribution >= 0.6 is 0 Å². The monoisotopic (exact) mass is 284 g/mol. The topological polar surface area (TPSA) is 92.4 Å². The Morgan fingerprint density at radius 2 is 2.00 bits per heavy atom. The van der Waals surface area contributed by atoms with Crippen LogP contribution in [0.2, 0.25) is 0 Å². The molecule has 0 amide bonds. The number of benzene rings is 1. The number of alkyl halides is 2. The maximum absolute atomic E-state index is 12.7. The standard InChI is InChI=1S/C9H11F3N2O3S/c10-6-1-2-8(7(13)3-6)18(16,17)14-4-9(11,12)5-15/h1-3,14-15H,4-5,13H2. The highest BCUT2D eigenvalue weighted by molar-refractivity contribution is 7.89. The first-order valence-electron chi connectivity index (χ1n) is 4.71. The van der Waals surface area contributed by atoms with Crippen LogP contribution in [0, 0.1) is 5.82 Å². The maximum Gasteiger partial charge on any atom is 0.283 e. The lowest BCUT2D eigenvalue weighted by molar-refractivity contribution is -0.0437. The van der Waals surface area contributed by atoms with Crippen molar-refractivity contribution < 1.29 is 26.7 Å². The molecular weight excluding hydrogens is 273 g/mol. The quantitative estimate of drug-likeness (QED) is 0.679. The molecule has 0 radical (unpaired) electrons. The smallest absolute Gasteiger partial charge is 0.283 e. The van der Waals surface area contributed by atoms with E-state index in [4.69, 9.17) is 10.8 Å². The molecule has 0 aliphatic heterocycles. The first-order chi connectivity index (χ1) is 8.18. The maximum atomic E-state index is 12.7. The Labute approximate surface area is 101 Å². The fourth-order valence-electron chi connectivity index (χ4n) is 1.10. The summed E-state index contributed by atoms with van der Waals surface area (Å²) in [6, 6.07) is 2.47. The highest BCUT2D eigenvalue weighted by atomic mass is 32.2. The van der Waals surface area contributed by atoms with Gasteiger partial charge in [-0.3, -0.25) is 0 Å². The van der Waals surface area contributed by atoms with Crippen molar-refractivity contribution in [1.29, 1.82) is 0 Å². The molecule has 0 spiro atoms. The fourth-order valence-corrected chi connectivity index (χ4v) is 2.27. The lowest BCUT2D eigenvalue weighted by Gasteiger charge is -2.14. The largest absolute Gasteiger partial charge is 0.398 e. The van der Waals surface area contributed by atoms with Gasteiger partial charge in [-0.05, 0) is 18.2 Å². The number of aliphatic hydroxyl groups is 1. The van der Waals surface area contributed by atoms with Crippen LogP contribution in [0.1, 0.15) is 0 Å². The summed E-state index contributed by atoms with van der Waals surface area (Å²) in [5.74, 6) is -4.32. The highest BCUT2D eigenvalue weighted by Gasteiger charge is 2.30. The van der Waals surface area contributed by atoms with Gasteiger partial charge in [-0.1, -0.05) is 0 Å². The van der Waals surface area contributed by atoms with E-state index in [1.54, 1.807) is 4.72 Å². The third-order valence-electron chi connectivity index (χ3n) is 2.01. The number of nitrogens with two attached hydrogens (primary N) is 1. The van der Waals surface area contributed by atoms with Crippen molar-refractivity contribution in [3.8, 4) is 0 Å². The number of rotatable bonds is 5. The first-order valence-corrected chi connectivity index (χ1v) is 6.20. The van der Waals surface area contributed by atoms with E-state index in [1.807, 2.05) is 0 Å². The molecule has 0 fully saturated rings. The van der Waals surface area contributed by atoms with Crippen molar-refractivity contribution in [1.82, 2.24) is 4.72 Å². The Morgan fingerprint density at radius 1 is 1.39 bits per heavy atom. The van der Waals surface area contributed by atoms with Gasteiger partial charge in [-0.2, -0.15) is 0 Å². The van der Waals surface area contributed by atoms with Gasteiger partial charge in [0.2, 0.25) is 10.0 Å². The van der Waals surface area contributed by atoms with E-state index in [2.05, 4.69) is 0 Å². The molecule has 0 atom stereocenters. The molecule has 5 nitrogen and oxygen atoms in total. The summed E-state index contributed by atoms with van der Waals surface area (Å²) >= 11 is 0. The third kappa shape index (κ3) is 3.59. The second kappa shape index (κ2) is 5.12. The third-order valence-corrected chi connectivity index (χ3v) is 3.49. The number of anilines is 1. The number of nitrogens with one attached hydrogen (secondary N) is 1. The molecule has 0 unspecified atom stereocenters. The predicted molar refractivity (Wildman–Crippen MR) is 58.0 cm³/mol. The minimum Gasteiger partial charge on any atom is -0.398 e. The first kappa shape index (κ1) is 14.7. The molecule has 0 heterocycles. The van der Waals surface area contributed by atoms with E-state index < -0.39 is 45.5 Å². The average molecular weight is 284 g/mol. The normalized spacial score (nSPS) is 12.7. The van der Waals surface area contributed by atoms with Gasteiger partial charge in [0.15, 0.2) is 0 Å². The van der Waals surface area contributed by atoms with E-state index >= 15 is 0 Å². The number of sulfonamides is 1. The Hall–Kier alpha value is -1.32. The molecule has 1 aromatic rings. The van der Waals surface area contributed by atoms with Crippen LogP contribution in [-0.4, -0.2) is 32.6 Å². The van der Waals surface area contributed by atoms with Crippen molar-refractivity contribution in [3.63, 3.8) is 0 Å². The molecule has 1 aromatic carbocycles. The molecule has 0 aliphatic rings. The molecule has 1 rings (SSSR count). The zero-order valence-corrected chi connectivity index (χ0v) is 9.85. The summed E-state index contributed by atoms with van der Waals surface area (Å²) in [4.78, 5) is -0.502. The van der Waals surface area contributed by atoms with Gasteiger partial charge >= 0.3 is 0 Å². The van der Waals surface area contributed by atoms with Crippen molar-refractivity contribution in [2.75, 3.05) is 18.9 Å². The molecule has 18 heavy (non-hydrogen) atoms. The van der Waals surface area contributed by atoms with Crippen LogP contribution in [0.4, 0.5) is 18.9 Å². The molecule has 0 saturated heterocycles. The number of aliphatic hydroxyl groups excluding tert-OH is 1. The SMILES string of the molecule is Nc1cc(F)ccc1S(=O)(=O)NCC(F)(F)CO. The summed E-state index contributed by atoms with van der Waals surface area (Å²) in [7, 11) is -4.28. The van der Waals surface area contributed by atoms with Gasteiger partial charge in [-0.15, -0.1) is 0 Å². The number of nitrogen functional groups attached to an aromatic ring is 1. The molecule has 4 N–H and O–H groups in total. The Balaban J connectivity index is 2.94. The van der Waals surface area contributed by atoms with Gasteiger partial charge in [0.05, 0.1) is 12.2 Å². The summed E-state index contributed by atoms with van der Waals surface area (Å²) in [6.07, 6.45) is 0. The van der Waals surface area contributed by atoms with Crippen molar-refractivity contribution in [2.24, 2.45) is 0 Å². The highest BCUT2D eigenvalue weighted by Crippen LogP contribution is 2.20. The van der Waals surface area contributed by atoms with Gasteiger partial charge in [0.25, 0.3) is 5.92 Å². The van der Waals surface area contributed by atoms with Crippen LogP contribution in [0.25, 0.3) is 0 Å². The fraction of sp³-hybridized carbons (Fsp3) is 0.333. The molecule has 0 aromatic heterocycles. The Kier molecular flexibility index (Phi) is 4.20. The summed E-state index contributed by atoms with van der Waals surface area (Å²) in [6.45, 7) is -2.77. The van der Waals surface area contributed by atoms with Gasteiger partial charge in [0.1, 0.15) is 17.3 Å².